The Labute approximate surface area is 663 Å². The topological polar surface area (TPSA) is 38.1 Å². The summed E-state index contributed by atoms with van der Waals surface area (Å²) in [5, 5.41) is 1.89. The van der Waals surface area contributed by atoms with Gasteiger partial charge in [0.15, 0.2) is 0 Å². The maximum Gasteiger partial charge on any atom is 0.137 e. The van der Waals surface area contributed by atoms with Crippen LogP contribution in [0.15, 0.2) is 333 Å². The van der Waals surface area contributed by atoms with Gasteiger partial charge in [-0.1, -0.05) is 249 Å². The van der Waals surface area contributed by atoms with Crippen LogP contribution in [0.25, 0.3) is 56.3 Å². The Morgan fingerprint density at radius 2 is 0.664 bits per heavy atom. The highest BCUT2D eigenvalue weighted by Gasteiger charge is 2.48. The number of furan rings is 1. The molecule has 1 aromatic heterocycles. The van der Waals surface area contributed by atoms with Crippen molar-refractivity contribution in [3.05, 3.63) is 418 Å². The highest BCUT2D eigenvalue weighted by molar-refractivity contribution is 6.07. The van der Waals surface area contributed by atoms with E-state index in [1.807, 2.05) is 84.9 Å². The van der Waals surface area contributed by atoms with Crippen LogP contribution in [0.1, 0.15) is 145 Å². The van der Waals surface area contributed by atoms with Gasteiger partial charge in [0.2, 0.25) is 0 Å². The second-order valence-corrected chi connectivity index (χ2v) is 32.3. The van der Waals surface area contributed by atoms with Gasteiger partial charge >= 0.3 is 0 Å². The molecule has 2 atom stereocenters. The third kappa shape index (κ3) is 13.8. The van der Waals surface area contributed by atoms with Gasteiger partial charge in [-0.2, -0.15) is 0 Å². The van der Waals surface area contributed by atoms with Gasteiger partial charge in [-0.05, 0) is 271 Å². The van der Waals surface area contributed by atoms with Gasteiger partial charge in [-0.3, -0.25) is 0 Å². The number of unbranched alkanes of at least 4 members (excludes halogenated alkanes) is 2. The molecule has 0 amide bonds. The smallest absolute Gasteiger partial charge is 0.137 e. The Morgan fingerprint density at radius 3 is 1.03 bits per heavy atom. The van der Waals surface area contributed by atoms with Crippen molar-refractivity contribution < 1.29 is 22.7 Å². The van der Waals surface area contributed by atoms with Crippen LogP contribution < -0.4 is 19.3 Å². The number of halogens is 2. The van der Waals surface area contributed by atoms with Crippen molar-refractivity contribution in [2.45, 2.75) is 102 Å². The van der Waals surface area contributed by atoms with Gasteiger partial charge in [-0.15, -0.1) is 0 Å². The first-order valence-corrected chi connectivity index (χ1v) is 39.6. The van der Waals surface area contributed by atoms with Crippen molar-refractivity contribution in [3.63, 3.8) is 0 Å². The van der Waals surface area contributed by atoms with Crippen LogP contribution in [0.3, 0.4) is 0 Å². The van der Waals surface area contributed by atoms with Gasteiger partial charge in [0.05, 0.1) is 24.0 Å². The molecule has 0 bridgehead atoms. The van der Waals surface area contributed by atoms with E-state index < -0.39 is 10.8 Å². The van der Waals surface area contributed by atoms with Crippen LogP contribution in [0.4, 0.5) is 42.9 Å². The summed E-state index contributed by atoms with van der Waals surface area (Å²) in [6, 6.07) is 111. The van der Waals surface area contributed by atoms with Crippen LogP contribution in [0.2, 0.25) is 0 Å². The van der Waals surface area contributed by atoms with Crippen LogP contribution >= 0.6 is 0 Å². The van der Waals surface area contributed by atoms with E-state index >= 15 is 8.78 Å². The van der Waals surface area contributed by atoms with Gasteiger partial charge in [0, 0.05) is 57.0 Å². The number of benzene rings is 14. The average molecular weight is 1480 g/mol. The zero-order chi connectivity index (χ0) is 77.6. The van der Waals surface area contributed by atoms with E-state index in [2.05, 4.69) is 283 Å². The summed E-state index contributed by atoms with van der Waals surface area (Å²) in [6.45, 7) is 22.7. The molecule has 5 nitrogen and oxygen atoms in total. The molecule has 558 valence electrons. The molecule has 2 unspecified atom stereocenters. The van der Waals surface area contributed by atoms with Crippen molar-refractivity contribution in [2.75, 3.05) is 23.0 Å². The molecule has 15 aromatic rings. The largest absolute Gasteiger partial charge is 0.494 e. The standard InChI is InChI=1S/C106H92F2N2O3/c1-9-71-29-57-89(58-30-71)111-65-17-15-19-73-25-33-77(34-26-73)105(79-41-37-75(38-42-79)103(3,4)5)97-23-13-11-21-91(97)93-61-53-85(67-99(93)105)109(83-49-45-81(107)46-50-83)87-55-63-95-96-64-56-88(70-102(96)113-101(95)69-87)110(84-51-47-82(108)48-52-84)86-54-62-94-92-22-12-14-24-98(92)106(100(94)68-86,80-43-39-76(40-44-80)104(6,7)8)78-35-27-74(28-36-78)20-16-18-66-112-90-59-31-72(10-2)32-60-90/h9-14,21-64,67-70H,1-2,15-20,65-66H2,3-8H3. The lowest BCUT2D eigenvalue weighted by molar-refractivity contribution is 0.307. The number of aryl methyl sites for hydroxylation is 2. The summed E-state index contributed by atoms with van der Waals surface area (Å²) in [7, 11) is 0. The Balaban J connectivity index is 0.738. The van der Waals surface area contributed by atoms with Crippen molar-refractivity contribution in [2.24, 2.45) is 0 Å². The molecule has 14 aromatic carbocycles. The quantitative estimate of drug-likeness (QED) is 0.0564. The summed E-state index contributed by atoms with van der Waals surface area (Å²) < 4.78 is 50.1. The SMILES string of the molecule is C=Cc1ccc(OCCCCc2ccc(C3(c4ccc(C(C)(C)C)cc4)c4ccccc4-c4ccc(N(c5ccc(F)cc5)c5ccc6c(c5)oc5cc(N(c7ccc(F)cc7)c7ccc8c(c7)C(c7ccc(CCCCOc9ccc(C=C)cc9)cc7)(c7ccc(C(C)(C)C)cc7)c7ccccc7-8)ccc56)cc43)cc2)cc1. The van der Waals surface area contributed by atoms with Gasteiger partial charge in [-0.25, -0.2) is 8.78 Å². The lowest BCUT2D eigenvalue weighted by Gasteiger charge is -2.35. The number of anilines is 6. The normalized spacial score (nSPS) is 14.8. The average Bonchev–Trinajstić information content (AvgIpc) is 1.55. The lowest BCUT2D eigenvalue weighted by atomic mass is 9.67. The molecule has 2 aliphatic carbocycles. The van der Waals surface area contributed by atoms with E-state index in [4.69, 9.17) is 13.9 Å². The molecule has 113 heavy (non-hydrogen) atoms. The molecular weight excluding hydrogens is 1390 g/mol. The second-order valence-electron chi connectivity index (χ2n) is 32.3. The zero-order valence-corrected chi connectivity index (χ0v) is 65.1. The first-order valence-electron chi connectivity index (χ1n) is 39.6. The third-order valence-electron chi connectivity index (χ3n) is 23.3. The molecule has 0 radical (unpaired) electrons. The minimum absolute atomic E-state index is 0.0589. The summed E-state index contributed by atoms with van der Waals surface area (Å²) in [4.78, 5) is 4.44. The summed E-state index contributed by atoms with van der Waals surface area (Å²) in [5.74, 6) is 1.10. The maximum absolute atomic E-state index is 15.3. The van der Waals surface area contributed by atoms with Crippen LogP contribution in [0.5, 0.6) is 11.5 Å². The Morgan fingerprint density at radius 1 is 0.336 bits per heavy atom. The fourth-order valence-corrected chi connectivity index (χ4v) is 17.4. The Hall–Kier alpha value is -12.6. The van der Waals surface area contributed by atoms with Crippen molar-refractivity contribution >= 4 is 68.2 Å². The Bertz CT molecular complexity index is 5620. The Kier molecular flexibility index (Phi) is 19.6. The van der Waals surface area contributed by atoms with Crippen LogP contribution in [-0.2, 0) is 34.5 Å². The van der Waals surface area contributed by atoms with Gasteiger partial charge < -0.3 is 23.7 Å². The van der Waals surface area contributed by atoms with Crippen LogP contribution in [-0.4, -0.2) is 13.2 Å². The van der Waals surface area contributed by atoms with E-state index in [1.54, 1.807) is 0 Å². The predicted octanol–water partition coefficient (Wildman–Crippen LogP) is 28.2. The predicted molar refractivity (Wildman–Crippen MR) is 465 cm³/mol. The number of fused-ring (bicyclic) bond motifs is 9. The highest BCUT2D eigenvalue weighted by Crippen LogP contribution is 2.60. The number of ether oxygens (including phenoxy) is 2. The van der Waals surface area contributed by atoms with Crippen molar-refractivity contribution in [3.8, 4) is 33.8 Å². The molecule has 0 spiro atoms. The number of hydrogen-bond donors (Lipinski definition) is 0. The molecule has 0 saturated heterocycles. The van der Waals surface area contributed by atoms with E-state index in [0.29, 0.717) is 24.4 Å². The molecular formula is C106H92F2N2O3. The van der Waals surface area contributed by atoms with Gasteiger partial charge in [0.1, 0.15) is 34.3 Å². The fraction of sp³-hybridized carbons (Fsp3) is 0.170. The highest BCUT2D eigenvalue weighted by atomic mass is 19.1. The van der Waals surface area contributed by atoms with Gasteiger partial charge in [0.25, 0.3) is 0 Å². The van der Waals surface area contributed by atoms with E-state index in [1.165, 1.54) is 91.0 Å². The molecule has 0 fully saturated rings. The zero-order valence-electron chi connectivity index (χ0n) is 65.1. The summed E-state index contributed by atoms with van der Waals surface area (Å²) in [6.07, 6.45) is 9.37. The lowest BCUT2D eigenvalue weighted by Crippen LogP contribution is -2.29. The van der Waals surface area contributed by atoms with E-state index in [-0.39, 0.29) is 22.5 Å². The molecule has 0 saturated carbocycles. The minimum atomic E-state index is -0.723. The third-order valence-corrected chi connectivity index (χ3v) is 23.3. The molecule has 17 rings (SSSR count). The first kappa shape index (κ1) is 73.2. The van der Waals surface area contributed by atoms with Crippen molar-refractivity contribution in [1.29, 1.82) is 0 Å². The molecule has 7 heteroatoms. The monoisotopic (exact) mass is 1480 g/mol. The molecule has 0 aliphatic heterocycles. The summed E-state index contributed by atoms with van der Waals surface area (Å²) >= 11 is 0. The van der Waals surface area contributed by atoms with Crippen LogP contribution in [0, 0.1) is 11.6 Å². The molecule has 2 aliphatic rings. The van der Waals surface area contributed by atoms with Crippen molar-refractivity contribution in [1.82, 2.24) is 0 Å². The number of hydrogen-bond acceptors (Lipinski definition) is 5. The molecule has 0 N–H and O–H groups in total. The minimum Gasteiger partial charge on any atom is -0.494 e. The first-order chi connectivity index (χ1) is 55.0. The number of nitrogens with zero attached hydrogens (tertiary/aromatic N) is 2. The number of rotatable bonds is 24. The fourth-order valence-electron chi connectivity index (χ4n) is 17.4. The molecule has 1 heterocycles. The summed E-state index contributed by atoms with van der Waals surface area (Å²) in [5.41, 5.74) is 26.2. The maximum atomic E-state index is 15.3. The second kappa shape index (κ2) is 30.3. The van der Waals surface area contributed by atoms with E-state index in [9.17, 15) is 0 Å². The van der Waals surface area contributed by atoms with E-state index in [0.717, 1.165) is 128 Å².